The highest BCUT2D eigenvalue weighted by molar-refractivity contribution is 6.65. The van der Waals surface area contributed by atoms with Gasteiger partial charge in [-0.1, -0.05) is 36.1 Å². The molecule has 0 bridgehead atoms. The third-order valence-electron chi connectivity index (χ3n) is 5.29. The lowest BCUT2D eigenvalue weighted by atomic mass is 9.75. The number of hydrogen-bond acceptors (Lipinski definition) is 4. The van der Waals surface area contributed by atoms with Gasteiger partial charge in [0.15, 0.2) is 0 Å². The van der Waals surface area contributed by atoms with Crippen molar-refractivity contribution in [2.45, 2.75) is 52.2 Å². The number of rotatable bonds is 3. The van der Waals surface area contributed by atoms with E-state index in [1.807, 2.05) is 45.9 Å². The zero-order chi connectivity index (χ0) is 20.5. The van der Waals surface area contributed by atoms with Crippen LogP contribution in [-0.4, -0.2) is 30.9 Å². The number of fused-ring (bicyclic) bond motifs is 1. The molecule has 1 fully saturated rings. The van der Waals surface area contributed by atoms with Crippen LogP contribution in [0.1, 0.15) is 46.6 Å². The minimum atomic E-state index is -0.638. The Hall–Kier alpha value is -2.36. The second kappa shape index (κ2) is 7.58. The van der Waals surface area contributed by atoms with Crippen molar-refractivity contribution in [3.63, 3.8) is 0 Å². The number of benzene rings is 2. The van der Waals surface area contributed by atoms with Crippen LogP contribution in [0.15, 0.2) is 30.3 Å². The maximum atomic E-state index is 14.7. The standard InChI is InChI=1S/C22H24BFO4/c1-6-26-19(25)12-8-10-16-18(24)14-13-15-9-7-11-17(20(15)16)23-27-21(2,3)22(4,5)28-23/h7,9,11,13-14H,6,12H2,1-5H3. The number of ether oxygens (including phenoxy) is 1. The molecule has 0 aromatic heterocycles. The average molecular weight is 382 g/mol. The lowest BCUT2D eigenvalue weighted by Gasteiger charge is -2.32. The number of hydrogen-bond donors (Lipinski definition) is 0. The van der Waals surface area contributed by atoms with Crippen molar-refractivity contribution in [2.75, 3.05) is 6.61 Å². The summed E-state index contributed by atoms with van der Waals surface area (Å²) >= 11 is 0. The monoisotopic (exact) mass is 382 g/mol. The fourth-order valence-electron chi connectivity index (χ4n) is 3.09. The summed E-state index contributed by atoms with van der Waals surface area (Å²) in [5.74, 6) is 4.66. The van der Waals surface area contributed by atoms with Crippen LogP contribution in [-0.2, 0) is 18.8 Å². The molecule has 6 heteroatoms. The molecule has 28 heavy (non-hydrogen) atoms. The summed E-state index contributed by atoms with van der Waals surface area (Å²) in [6, 6.07) is 8.72. The van der Waals surface area contributed by atoms with Gasteiger partial charge in [-0.05, 0) is 51.5 Å². The van der Waals surface area contributed by atoms with Crippen molar-refractivity contribution in [3.8, 4) is 11.8 Å². The summed E-state index contributed by atoms with van der Waals surface area (Å²) in [5, 5.41) is 1.46. The van der Waals surface area contributed by atoms with Crippen molar-refractivity contribution in [3.05, 3.63) is 41.7 Å². The molecular formula is C22H24BFO4. The SMILES string of the molecule is CCOC(=O)CC#Cc1c(F)ccc2cccc(B3OC(C)(C)C(C)(C)O3)c12. The van der Waals surface area contributed by atoms with E-state index < -0.39 is 30.1 Å². The predicted molar refractivity (Wildman–Crippen MR) is 108 cm³/mol. The summed E-state index contributed by atoms with van der Waals surface area (Å²) in [5.41, 5.74) is -0.0746. The number of esters is 1. The third kappa shape index (κ3) is 3.78. The van der Waals surface area contributed by atoms with Crippen LogP contribution >= 0.6 is 0 Å². The van der Waals surface area contributed by atoms with Gasteiger partial charge in [0.05, 0.1) is 23.4 Å². The Bertz CT molecular complexity index is 956. The molecule has 0 spiro atoms. The minimum Gasteiger partial charge on any atom is -0.465 e. The van der Waals surface area contributed by atoms with E-state index in [1.165, 1.54) is 6.07 Å². The first-order valence-corrected chi connectivity index (χ1v) is 9.37. The second-order valence-corrected chi connectivity index (χ2v) is 7.74. The van der Waals surface area contributed by atoms with Gasteiger partial charge >= 0.3 is 13.1 Å². The van der Waals surface area contributed by atoms with E-state index in [9.17, 15) is 9.18 Å². The lowest BCUT2D eigenvalue weighted by molar-refractivity contribution is -0.141. The Balaban J connectivity index is 2.07. The van der Waals surface area contributed by atoms with Gasteiger partial charge in [-0.25, -0.2) is 4.39 Å². The molecule has 1 aliphatic rings. The number of carbonyl (C=O) groups is 1. The molecule has 1 aliphatic heterocycles. The van der Waals surface area contributed by atoms with Crippen molar-refractivity contribution >= 4 is 29.3 Å². The molecule has 0 atom stereocenters. The van der Waals surface area contributed by atoms with Crippen LogP contribution < -0.4 is 5.46 Å². The van der Waals surface area contributed by atoms with E-state index in [-0.39, 0.29) is 18.6 Å². The molecular weight excluding hydrogens is 358 g/mol. The van der Waals surface area contributed by atoms with E-state index in [2.05, 4.69) is 11.8 Å². The van der Waals surface area contributed by atoms with Crippen LogP contribution in [0, 0.1) is 17.7 Å². The average Bonchev–Trinajstić information content (AvgIpc) is 2.84. The first-order valence-electron chi connectivity index (χ1n) is 9.37. The van der Waals surface area contributed by atoms with Gasteiger partial charge in [-0.3, -0.25) is 4.79 Å². The molecule has 1 saturated heterocycles. The molecule has 4 nitrogen and oxygen atoms in total. The van der Waals surface area contributed by atoms with Gasteiger partial charge in [0.2, 0.25) is 0 Å². The van der Waals surface area contributed by atoms with Crippen LogP contribution in [0.4, 0.5) is 4.39 Å². The van der Waals surface area contributed by atoms with Crippen molar-refractivity contribution in [2.24, 2.45) is 0 Å². The normalized spacial score (nSPS) is 17.3. The predicted octanol–water partition coefficient (Wildman–Crippen LogP) is 3.58. The largest absolute Gasteiger partial charge is 0.495 e. The molecule has 0 unspecified atom stereocenters. The minimum absolute atomic E-state index is 0.0949. The quantitative estimate of drug-likeness (QED) is 0.463. The Morgan fingerprint density at radius 2 is 1.82 bits per heavy atom. The molecule has 0 amide bonds. The number of halogens is 1. The Morgan fingerprint density at radius 3 is 2.46 bits per heavy atom. The first-order chi connectivity index (χ1) is 13.2. The van der Waals surface area contributed by atoms with E-state index in [0.29, 0.717) is 5.39 Å². The van der Waals surface area contributed by atoms with E-state index in [4.69, 9.17) is 14.0 Å². The molecule has 2 aromatic rings. The zero-order valence-corrected chi connectivity index (χ0v) is 16.9. The Kier molecular flexibility index (Phi) is 5.51. The van der Waals surface area contributed by atoms with E-state index in [0.717, 1.165) is 10.8 Å². The summed E-state index contributed by atoms with van der Waals surface area (Å²) in [6.45, 7) is 9.90. The number of carbonyl (C=O) groups excluding carboxylic acids is 1. The van der Waals surface area contributed by atoms with Crippen LogP contribution in [0.3, 0.4) is 0 Å². The molecule has 1 heterocycles. The van der Waals surface area contributed by atoms with Gasteiger partial charge in [0.25, 0.3) is 0 Å². The topological polar surface area (TPSA) is 44.8 Å². The van der Waals surface area contributed by atoms with Gasteiger partial charge in [0.1, 0.15) is 12.2 Å². The lowest BCUT2D eigenvalue weighted by Crippen LogP contribution is -2.41. The summed E-state index contributed by atoms with van der Waals surface area (Å²) < 4.78 is 31.9. The van der Waals surface area contributed by atoms with Crippen LogP contribution in [0.25, 0.3) is 10.8 Å². The highest BCUT2D eigenvalue weighted by atomic mass is 19.1. The first kappa shape index (κ1) is 20.4. The summed E-state index contributed by atoms with van der Waals surface area (Å²) in [7, 11) is -0.638. The zero-order valence-electron chi connectivity index (χ0n) is 16.9. The van der Waals surface area contributed by atoms with Crippen molar-refractivity contribution < 1.29 is 23.2 Å². The maximum Gasteiger partial charge on any atom is 0.495 e. The Labute approximate surface area is 165 Å². The summed E-state index contributed by atoms with van der Waals surface area (Å²) in [4.78, 5) is 11.5. The van der Waals surface area contributed by atoms with Gasteiger partial charge < -0.3 is 14.0 Å². The highest BCUT2D eigenvalue weighted by Crippen LogP contribution is 2.37. The highest BCUT2D eigenvalue weighted by Gasteiger charge is 2.52. The second-order valence-electron chi connectivity index (χ2n) is 7.74. The third-order valence-corrected chi connectivity index (χ3v) is 5.29. The summed E-state index contributed by atoms with van der Waals surface area (Å²) in [6.07, 6.45) is -0.0949. The maximum absolute atomic E-state index is 14.7. The molecule has 0 saturated carbocycles. The molecule has 0 aliphatic carbocycles. The van der Waals surface area contributed by atoms with Crippen LogP contribution in [0.5, 0.6) is 0 Å². The fraction of sp³-hybridized carbons (Fsp3) is 0.409. The van der Waals surface area contributed by atoms with E-state index >= 15 is 0 Å². The molecule has 2 aromatic carbocycles. The van der Waals surface area contributed by atoms with Crippen molar-refractivity contribution in [1.29, 1.82) is 0 Å². The smallest absolute Gasteiger partial charge is 0.465 e. The van der Waals surface area contributed by atoms with Gasteiger partial charge in [-0.15, -0.1) is 0 Å². The molecule has 0 N–H and O–H groups in total. The van der Waals surface area contributed by atoms with E-state index in [1.54, 1.807) is 13.0 Å². The van der Waals surface area contributed by atoms with Gasteiger partial charge in [-0.2, -0.15) is 0 Å². The van der Waals surface area contributed by atoms with Crippen molar-refractivity contribution in [1.82, 2.24) is 0 Å². The van der Waals surface area contributed by atoms with Crippen LogP contribution in [0.2, 0.25) is 0 Å². The molecule has 3 rings (SSSR count). The Morgan fingerprint density at radius 1 is 1.14 bits per heavy atom. The molecule has 0 radical (unpaired) electrons. The fourth-order valence-corrected chi connectivity index (χ4v) is 3.09. The molecule has 146 valence electrons. The van der Waals surface area contributed by atoms with Gasteiger partial charge in [0, 0.05) is 5.39 Å².